The van der Waals surface area contributed by atoms with E-state index in [4.69, 9.17) is 4.74 Å². The maximum absolute atomic E-state index is 11.4. The lowest BCUT2D eigenvalue weighted by molar-refractivity contribution is -0.141. The average Bonchev–Trinajstić information content (AvgIpc) is 3.07. The molecule has 1 N–H and O–H groups in total. The zero-order chi connectivity index (χ0) is 12.5. The summed E-state index contributed by atoms with van der Waals surface area (Å²) in [5.74, 6) is -0.113. The molecule has 0 radical (unpaired) electrons. The van der Waals surface area contributed by atoms with Gasteiger partial charge in [-0.15, -0.1) is 0 Å². The largest absolute Gasteiger partial charge is 0.469 e. The summed E-state index contributed by atoms with van der Waals surface area (Å²) in [4.78, 5) is 13.9. The third kappa shape index (κ3) is 3.68. The first kappa shape index (κ1) is 12.8. The van der Waals surface area contributed by atoms with Crippen LogP contribution in [0.2, 0.25) is 0 Å². The normalized spacial score (nSPS) is 29.7. The van der Waals surface area contributed by atoms with Crippen molar-refractivity contribution in [3.63, 3.8) is 0 Å². The Hall–Kier alpha value is -0.610. The Kier molecular flexibility index (Phi) is 3.73. The van der Waals surface area contributed by atoms with Crippen LogP contribution < -0.4 is 5.32 Å². The smallest absolute Gasteiger partial charge is 0.307 e. The molecular formula is C13H24N2O2. The highest BCUT2D eigenvalue weighted by atomic mass is 16.5. The lowest BCUT2D eigenvalue weighted by atomic mass is 9.93. The monoisotopic (exact) mass is 240 g/mol. The quantitative estimate of drug-likeness (QED) is 0.748. The maximum atomic E-state index is 11.4. The van der Waals surface area contributed by atoms with Crippen LogP contribution in [0.25, 0.3) is 0 Å². The van der Waals surface area contributed by atoms with Crippen LogP contribution in [0.3, 0.4) is 0 Å². The molecule has 0 spiro atoms. The Morgan fingerprint density at radius 2 is 2.18 bits per heavy atom. The predicted octanol–water partition coefficient (Wildman–Crippen LogP) is 1.01. The molecule has 2 fully saturated rings. The SMILES string of the molecule is COC(=O)CC1CN(C2CC2)CC(C)(C)CN1. The van der Waals surface area contributed by atoms with Gasteiger partial charge in [0, 0.05) is 31.7 Å². The van der Waals surface area contributed by atoms with Crippen LogP contribution >= 0.6 is 0 Å². The summed E-state index contributed by atoms with van der Waals surface area (Å²) in [6, 6.07) is 0.999. The number of hydrogen-bond acceptors (Lipinski definition) is 4. The summed E-state index contributed by atoms with van der Waals surface area (Å²) in [6.45, 7) is 7.65. The second kappa shape index (κ2) is 4.94. The number of hydrogen-bond donors (Lipinski definition) is 1. The van der Waals surface area contributed by atoms with Gasteiger partial charge in [0.05, 0.1) is 13.5 Å². The van der Waals surface area contributed by atoms with E-state index in [1.165, 1.54) is 20.0 Å². The molecule has 2 rings (SSSR count). The van der Waals surface area contributed by atoms with Crippen molar-refractivity contribution in [1.82, 2.24) is 10.2 Å². The molecule has 17 heavy (non-hydrogen) atoms. The van der Waals surface area contributed by atoms with Gasteiger partial charge in [-0.2, -0.15) is 0 Å². The third-order valence-electron chi connectivity index (χ3n) is 3.66. The minimum absolute atomic E-state index is 0.113. The molecule has 0 bridgehead atoms. The molecule has 4 heteroatoms. The number of carbonyl (C=O) groups is 1. The van der Waals surface area contributed by atoms with Crippen LogP contribution in [0, 0.1) is 5.41 Å². The van der Waals surface area contributed by atoms with Crippen molar-refractivity contribution in [2.24, 2.45) is 5.41 Å². The van der Waals surface area contributed by atoms with Crippen LogP contribution in [0.5, 0.6) is 0 Å². The fourth-order valence-electron chi connectivity index (χ4n) is 2.58. The summed E-state index contributed by atoms with van der Waals surface area (Å²) in [6.07, 6.45) is 3.12. The molecule has 4 nitrogen and oxygen atoms in total. The fourth-order valence-corrected chi connectivity index (χ4v) is 2.58. The first-order valence-electron chi connectivity index (χ1n) is 6.54. The highest BCUT2D eigenvalue weighted by Gasteiger charge is 2.37. The second-order valence-corrected chi connectivity index (χ2v) is 6.18. The van der Waals surface area contributed by atoms with Crippen LogP contribution in [-0.4, -0.2) is 49.7 Å². The van der Waals surface area contributed by atoms with Crippen LogP contribution in [0.15, 0.2) is 0 Å². The first-order chi connectivity index (χ1) is 8.00. The van der Waals surface area contributed by atoms with Crippen molar-refractivity contribution in [1.29, 1.82) is 0 Å². The molecular weight excluding hydrogens is 216 g/mol. The Morgan fingerprint density at radius 1 is 1.47 bits per heavy atom. The number of esters is 1. The summed E-state index contributed by atoms with van der Waals surface area (Å²) >= 11 is 0. The van der Waals surface area contributed by atoms with Gasteiger partial charge in [0.25, 0.3) is 0 Å². The number of methoxy groups -OCH3 is 1. The molecule has 1 aliphatic carbocycles. The molecule has 0 aromatic rings. The number of rotatable bonds is 3. The van der Waals surface area contributed by atoms with Crippen LogP contribution in [0.1, 0.15) is 33.1 Å². The lowest BCUT2D eigenvalue weighted by Crippen LogP contribution is -2.40. The van der Waals surface area contributed by atoms with Gasteiger partial charge in [-0.1, -0.05) is 13.8 Å². The van der Waals surface area contributed by atoms with Gasteiger partial charge in [-0.25, -0.2) is 0 Å². The minimum atomic E-state index is -0.113. The topological polar surface area (TPSA) is 41.6 Å². The molecule has 1 saturated heterocycles. The molecule has 1 saturated carbocycles. The van der Waals surface area contributed by atoms with E-state index in [0.29, 0.717) is 6.42 Å². The first-order valence-corrected chi connectivity index (χ1v) is 6.54. The van der Waals surface area contributed by atoms with Crippen molar-refractivity contribution in [3.8, 4) is 0 Å². The highest BCUT2D eigenvalue weighted by Crippen LogP contribution is 2.31. The lowest BCUT2D eigenvalue weighted by Gasteiger charge is -2.29. The van der Waals surface area contributed by atoms with Gasteiger partial charge in [-0.3, -0.25) is 9.69 Å². The zero-order valence-corrected chi connectivity index (χ0v) is 11.2. The Labute approximate surface area is 104 Å². The van der Waals surface area contributed by atoms with Gasteiger partial charge in [0.15, 0.2) is 0 Å². The van der Waals surface area contributed by atoms with E-state index in [1.54, 1.807) is 0 Å². The third-order valence-corrected chi connectivity index (χ3v) is 3.66. The molecule has 0 amide bonds. The zero-order valence-electron chi connectivity index (χ0n) is 11.2. The van der Waals surface area contributed by atoms with Crippen molar-refractivity contribution in [2.45, 2.75) is 45.2 Å². The molecule has 1 atom stereocenters. The molecule has 1 aliphatic heterocycles. The number of nitrogens with zero attached hydrogens (tertiary/aromatic N) is 1. The van der Waals surface area contributed by atoms with E-state index in [-0.39, 0.29) is 17.4 Å². The standard InChI is InChI=1S/C13H24N2O2/c1-13(2)8-14-10(6-12(16)17-3)7-15(9-13)11-4-5-11/h10-11,14H,4-9H2,1-3H3. The Bertz CT molecular complexity index is 287. The Balaban J connectivity index is 1.96. The van der Waals surface area contributed by atoms with Crippen LogP contribution in [-0.2, 0) is 9.53 Å². The molecule has 1 heterocycles. The van der Waals surface area contributed by atoms with E-state index in [9.17, 15) is 4.79 Å². The fraction of sp³-hybridized carbons (Fsp3) is 0.923. The number of ether oxygens (including phenoxy) is 1. The molecule has 0 aromatic carbocycles. The number of carbonyl (C=O) groups excluding carboxylic acids is 1. The Morgan fingerprint density at radius 3 is 2.76 bits per heavy atom. The van der Waals surface area contributed by atoms with Gasteiger partial charge in [0.2, 0.25) is 0 Å². The van der Waals surface area contributed by atoms with Gasteiger partial charge in [0.1, 0.15) is 0 Å². The van der Waals surface area contributed by atoms with Crippen molar-refractivity contribution < 1.29 is 9.53 Å². The van der Waals surface area contributed by atoms with Crippen molar-refractivity contribution in [3.05, 3.63) is 0 Å². The molecule has 2 aliphatic rings. The summed E-state index contributed by atoms with van der Waals surface area (Å²) in [5.41, 5.74) is 0.285. The molecule has 98 valence electrons. The number of nitrogens with one attached hydrogen (secondary N) is 1. The predicted molar refractivity (Wildman–Crippen MR) is 66.8 cm³/mol. The minimum Gasteiger partial charge on any atom is -0.469 e. The van der Waals surface area contributed by atoms with Crippen molar-refractivity contribution in [2.75, 3.05) is 26.7 Å². The van der Waals surface area contributed by atoms with Crippen LogP contribution in [0.4, 0.5) is 0 Å². The van der Waals surface area contributed by atoms with E-state index in [1.807, 2.05) is 0 Å². The summed E-state index contributed by atoms with van der Waals surface area (Å²) in [5, 5.41) is 3.51. The summed E-state index contributed by atoms with van der Waals surface area (Å²) in [7, 11) is 1.46. The second-order valence-electron chi connectivity index (χ2n) is 6.18. The molecule has 0 aromatic heterocycles. The van der Waals surface area contributed by atoms with E-state index >= 15 is 0 Å². The highest BCUT2D eigenvalue weighted by molar-refractivity contribution is 5.69. The molecule has 1 unspecified atom stereocenters. The average molecular weight is 240 g/mol. The van der Waals surface area contributed by atoms with Gasteiger partial charge >= 0.3 is 5.97 Å². The van der Waals surface area contributed by atoms with E-state index < -0.39 is 0 Å². The van der Waals surface area contributed by atoms with Gasteiger partial charge < -0.3 is 10.1 Å². The van der Waals surface area contributed by atoms with Gasteiger partial charge in [-0.05, 0) is 18.3 Å². The van der Waals surface area contributed by atoms with E-state index in [2.05, 4.69) is 24.1 Å². The maximum Gasteiger partial charge on any atom is 0.307 e. The van der Waals surface area contributed by atoms with Crippen molar-refractivity contribution >= 4 is 5.97 Å². The summed E-state index contributed by atoms with van der Waals surface area (Å²) < 4.78 is 4.76. The van der Waals surface area contributed by atoms with E-state index in [0.717, 1.165) is 25.7 Å².